The summed E-state index contributed by atoms with van der Waals surface area (Å²) < 4.78 is 27.5. The van der Waals surface area contributed by atoms with E-state index in [0.717, 1.165) is 0 Å². The number of nitrogens with zero attached hydrogens (tertiary/aromatic N) is 3. The van der Waals surface area contributed by atoms with E-state index in [1.54, 1.807) is 12.1 Å². The van der Waals surface area contributed by atoms with E-state index in [4.69, 9.17) is 11.6 Å². The van der Waals surface area contributed by atoms with E-state index in [9.17, 15) is 8.78 Å². The summed E-state index contributed by atoms with van der Waals surface area (Å²) >= 11 is 5.84. The van der Waals surface area contributed by atoms with Gasteiger partial charge in [0.05, 0.1) is 11.2 Å². The van der Waals surface area contributed by atoms with Crippen LogP contribution in [0.4, 0.5) is 20.3 Å². The fourth-order valence-corrected chi connectivity index (χ4v) is 2.03. The van der Waals surface area contributed by atoms with Crippen LogP contribution in [-0.4, -0.2) is 15.0 Å². The molecule has 0 spiro atoms. The van der Waals surface area contributed by atoms with Gasteiger partial charge >= 0.3 is 0 Å². The molecule has 7 heteroatoms. The summed E-state index contributed by atoms with van der Waals surface area (Å²) in [6, 6.07) is 6.17. The van der Waals surface area contributed by atoms with Crippen LogP contribution in [0.15, 0.2) is 30.6 Å². The highest BCUT2D eigenvalue weighted by Crippen LogP contribution is 2.26. The normalized spacial score (nSPS) is 10.9. The monoisotopic (exact) mass is 306 g/mol. The zero-order valence-electron chi connectivity index (χ0n) is 10.9. The highest BCUT2D eigenvalue weighted by atomic mass is 35.5. The highest BCUT2D eigenvalue weighted by Gasteiger charge is 2.13. The van der Waals surface area contributed by atoms with Crippen molar-refractivity contribution < 1.29 is 8.78 Å². The Labute approximate surface area is 123 Å². The predicted molar refractivity (Wildman–Crippen MR) is 76.7 cm³/mol. The molecule has 1 N–H and O–H groups in total. The Hall–Kier alpha value is -2.34. The third-order valence-corrected chi connectivity index (χ3v) is 3.19. The lowest BCUT2D eigenvalue weighted by molar-refractivity contribution is 0.506. The van der Waals surface area contributed by atoms with Crippen molar-refractivity contribution in [2.75, 3.05) is 5.32 Å². The van der Waals surface area contributed by atoms with Crippen LogP contribution in [0.1, 0.15) is 5.56 Å². The topological polar surface area (TPSA) is 50.7 Å². The number of anilines is 2. The third kappa shape index (κ3) is 2.50. The summed E-state index contributed by atoms with van der Waals surface area (Å²) in [6.07, 6.45) is 1.31. The summed E-state index contributed by atoms with van der Waals surface area (Å²) in [5.74, 6) is -1.61. The fourth-order valence-electron chi connectivity index (χ4n) is 1.88. The maximum absolute atomic E-state index is 13.9. The van der Waals surface area contributed by atoms with Gasteiger partial charge in [-0.15, -0.1) is 0 Å². The molecule has 4 nitrogen and oxygen atoms in total. The van der Waals surface area contributed by atoms with Crippen molar-refractivity contribution in [2.24, 2.45) is 0 Å². The average molecular weight is 307 g/mol. The molecule has 106 valence electrons. The molecule has 1 aromatic carbocycles. The van der Waals surface area contributed by atoms with Crippen molar-refractivity contribution in [3.8, 4) is 0 Å². The predicted octanol–water partition coefficient (Wildman–Crippen LogP) is 4.01. The van der Waals surface area contributed by atoms with Crippen LogP contribution in [0.2, 0.25) is 5.15 Å². The minimum Gasteiger partial charge on any atom is -0.336 e. The summed E-state index contributed by atoms with van der Waals surface area (Å²) in [7, 11) is 0. The second-order valence-corrected chi connectivity index (χ2v) is 4.79. The molecular weight excluding hydrogens is 298 g/mol. The van der Waals surface area contributed by atoms with Crippen LogP contribution in [-0.2, 0) is 0 Å². The molecule has 0 aliphatic heterocycles. The zero-order valence-corrected chi connectivity index (χ0v) is 11.6. The Kier molecular flexibility index (Phi) is 3.39. The lowest BCUT2D eigenvalue weighted by atomic mass is 10.2. The second-order valence-electron chi connectivity index (χ2n) is 4.41. The number of rotatable bonds is 2. The fraction of sp³-hybridized carbons (Fsp3) is 0.0714. The number of aryl methyl sites for hydroxylation is 1. The Bertz CT molecular complexity index is 839. The molecule has 0 atom stereocenters. The minimum absolute atomic E-state index is 0.0279. The van der Waals surface area contributed by atoms with E-state index in [1.807, 2.05) is 0 Å². The van der Waals surface area contributed by atoms with Gasteiger partial charge in [-0.05, 0) is 30.7 Å². The molecule has 0 aliphatic carbocycles. The van der Waals surface area contributed by atoms with E-state index < -0.39 is 11.6 Å². The molecule has 0 saturated heterocycles. The summed E-state index contributed by atoms with van der Waals surface area (Å²) in [5, 5.41) is 2.98. The lowest BCUT2D eigenvalue weighted by Crippen LogP contribution is -2.01. The van der Waals surface area contributed by atoms with Crippen LogP contribution < -0.4 is 5.32 Å². The van der Waals surface area contributed by atoms with Gasteiger partial charge < -0.3 is 5.32 Å². The van der Waals surface area contributed by atoms with Crippen molar-refractivity contribution in [1.29, 1.82) is 0 Å². The van der Waals surface area contributed by atoms with Gasteiger partial charge in [0, 0.05) is 0 Å². The molecule has 2 aromatic heterocycles. The first-order valence-corrected chi connectivity index (χ1v) is 6.43. The smallest absolute Gasteiger partial charge is 0.182 e. The maximum Gasteiger partial charge on any atom is 0.182 e. The molecule has 3 rings (SSSR count). The number of fused-ring (bicyclic) bond motifs is 1. The molecule has 3 aromatic rings. The number of nitrogens with one attached hydrogen (secondary N) is 1. The van der Waals surface area contributed by atoms with E-state index in [0.29, 0.717) is 11.0 Å². The zero-order chi connectivity index (χ0) is 15.0. The number of aromatic nitrogens is 3. The summed E-state index contributed by atoms with van der Waals surface area (Å²) in [6.45, 7) is 1.49. The van der Waals surface area contributed by atoms with Crippen LogP contribution in [0, 0.1) is 18.6 Å². The molecule has 0 radical (unpaired) electrons. The molecule has 0 unspecified atom stereocenters. The van der Waals surface area contributed by atoms with E-state index in [1.165, 1.54) is 25.4 Å². The van der Waals surface area contributed by atoms with Crippen molar-refractivity contribution in [1.82, 2.24) is 15.0 Å². The standard InChI is InChI=1S/C14H9ClF2N4/c1-7-2-3-8(12(17)11(7)16)20-14-13-9(18-6-19-14)4-5-10(15)21-13/h2-6H,1H3,(H,18,19,20). The van der Waals surface area contributed by atoms with Crippen molar-refractivity contribution in [3.05, 3.63) is 52.9 Å². The molecule has 2 heterocycles. The Balaban J connectivity index is 2.10. The third-order valence-electron chi connectivity index (χ3n) is 2.98. The van der Waals surface area contributed by atoms with E-state index in [2.05, 4.69) is 20.3 Å². The Morgan fingerprint density at radius 3 is 2.67 bits per heavy atom. The second kappa shape index (κ2) is 5.21. The molecule has 21 heavy (non-hydrogen) atoms. The van der Waals surface area contributed by atoms with Gasteiger partial charge in [0.1, 0.15) is 17.0 Å². The first-order valence-electron chi connectivity index (χ1n) is 6.05. The summed E-state index contributed by atoms with van der Waals surface area (Å²) in [4.78, 5) is 12.1. The van der Waals surface area contributed by atoms with Gasteiger partial charge in [-0.2, -0.15) is 0 Å². The molecule has 0 fully saturated rings. The van der Waals surface area contributed by atoms with Crippen LogP contribution in [0.25, 0.3) is 11.0 Å². The van der Waals surface area contributed by atoms with Gasteiger partial charge in [-0.3, -0.25) is 0 Å². The molecule has 0 bridgehead atoms. The Morgan fingerprint density at radius 2 is 1.86 bits per heavy atom. The molecule has 0 saturated carbocycles. The largest absolute Gasteiger partial charge is 0.336 e. The van der Waals surface area contributed by atoms with Gasteiger partial charge in [0.25, 0.3) is 0 Å². The number of halogens is 3. The van der Waals surface area contributed by atoms with Crippen molar-refractivity contribution in [2.45, 2.75) is 6.92 Å². The number of pyridine rings is 1. The number of benzene rings is 1. The van der Waals surface area contributed by atoms with Crippen molar-refractivity contribution >= 4 is 34.1 Å². The Morgan fingerprint density at radius 1 is 1.05 bits per heavy atom. The van der Waals surface area contributed by atoms with Crippen LogP contribution in [0.3, 0.4) is 0 Å². The quantitative estimate of drug-likeness (QED) is 0.727. The SMILES string of the molecule is Cc1ccc(Nc2ncnc3ccc(Cl)nc23)c(F)c1F. The molecule has 0 aliphatic rings. The minimum atomic E-state index is -0.969. The van der Waals surface area contributed by atoms with Gasteiger partial charge in [-0.25, -0.2) is 23.7 Å². The average Bonchev–Trinajstić information content (AvgIpc) is 2.48. The van der Waals surface area contributed by atoms with Gasteiger partial charge in [0.2, 0.25) is 0 Å². The number of hydrogen-bond acceptors (Lipinski definition) is 4. The van der Waals surface area contributed by atoms with Crippen molar-refractivity contribution in [3.63, 3.8) is 0 Å². The lowest BCUT2D eigenvalue weighted by Gasteiger charge is -2.10. The maximum atomic E-state index is 13.9. The number of hydrogen-bond donors (Lipinski definition) is 1. The van der Waals surface area contributed by atoms with Gasteiger partial charge in [-0.1, -0.05) is 17.7 Å². The molecular formula is C14H9ClF2N4. The van der Waals surface area contributed by atoms with E-state index >= 15 is 0 Å². The molecule has 0 amide bonds. The summed E-state index contributed by atoms with van der Waals surface area (Å²) in [5.41, 5.74) is 1.13. The highest BCUT2D eigenvalue weighted by molar-refractivity contribution is 6.29. The van der Waals surface area contributed by atoms with Crippen LogP contribution >= 0.6 is 11.6 Å². The first kappa shape index (κ1) is 13.6. The van der Waals surface area contributed by atoms with E-state index in [-0.39, 0.29) is 22.2 Å². The van der Waals surface area contributed by atoms with Gasteiger partial charge in [0.15, 0.2) is 17.5 Å². The first-order chi connectivity index (χ1) is 10.1. The van der Waals surface area contributed by atoms with Crippen LogP contribution in [0.5, 0.6) is 0 Å².